The summed E-state index contributed by atoms with van der Waals surface area (Å²) in [6, 6.07) is 8.30. The van der Waals surface area contributed by atoms with Gasteiger partial charge in [0.25, 0.3) is 0 Å². The highest BCUT2D eigenvalue weighted by Gasteiger charge is 2.22. The summed E-state index contributed by atoms with van der Waals surface area (Å²) in [5.74, 6) is 1.46. The molecule has 3 rings (SSSR count). The molecule has 5 heteroatoms. The van der Waals surface area contributed by atoms with Crippen molar-refractivity contribution in [2.24, 2.45) is 0 Å². The maximum atomic E-state index is 11.5. The maximum absolute atomic E-state index is 11.5. The molecule has 3 nitrogen and oxygen atoms in total. The van der Waals surface area contributed by atoms with Crippen LogP contribution in [0.5, 0.6) is 0 Å². The summed E-state index contributed by atoms with van der Waals surface area (Å²) in [5, 5.41) is 4.45. The zero-order valence-corrected chi connectivity index (χ0v) is 10.3. The van der Waals surface area contributed by atoms with Crippen LogP contribution in [-0.4, -0.2) is 27.2 Å². The Morgan fingerprint density at radius 3 is 3.12 bits per heavy atom. The Kier molecular flexibility index (Phi) is 2.75. The van der Waals surface area contributed by atoms with Gasteiger partial charge >= 0.3 is 0 Å². The molecule has 0 spiro atoms. The van der Waals surface area contributed by atoms with E-state index in [0.717, 1.165) is 22.8 Å². The van der Waals surface area contributed by atoms with E-state index in [4.69, 9.17) is 0 Å². The third-order valence-corrected chi connectivity index (χ3v) is 5.20. The van der Waals surface area contributed by atoms with Gasteiger partial charge in [-0.1, -0.05) is 12.1 Å². The number of para-hydroxylation sites is 1. The molecule has 2 aromatic rings. The van der Waals surface area contributed by atoms with Gasteiger partial charge in [-0.25, -0.2) is 4.98 Å². The topological polar surface area (TPSA) is 42.0 Å². The summed E-state index contributed by atoms with van der Waals surface area (Å²) in [6.45, 7) is 0.827. The van der Waals surface area contributed by atoms with E-state index in [1.165, 1.54) is 4.70 Å². The van der Waals surface area contributed by atoms with Gasteiger partial charge in [-0.3, -0.25) is 4.21 Å². The third kappa shape index (κ3) is 1.90. The van der Waals surface area contributed by atoms with E-state index < -0.39 is 10.8 Å². The summed E-state index contributed by atoms with van der Waals surface area (Å²) in [4.78, 5) is 4.59. The van der Waals surface area contributed by atoms with E-state index in [-0.39, 0.29) is 6.04 Å². The smallest absolute Gasteiger partial charge is 0.112 e. The number of benzene rings is 1. The van der Waals surface area contributed by atoms with Gasteiger partial charge in [-0.15, -0.1) is 11.3 Å². The molecule has 1 N–H and O–H groups in total. The number of thiazole rings is 1. The van der Waals surface area contributed by atoms with Crippen LogP contribution >= 0.6 is 11.3 Å². The monoisotopic (exact) mass is 252 g/mol. The molecule has 16 heavy (non-hydrogen) atoms. The van der Waals surface area contributed by atoms with Crippen molar-refractivity contribution in [3.63, 3.8) is 0 Å². The SMILES string of the molecule is O=S1CCNC(c2nc3ccccc3s2)C1. The fourth-order valence-electron chi connectivity index (χ4n) is 1.87. The van der Waals surface area contributed by atoms with Crippen molar-refractivity contribution >= 4 is 32.4 Å². The van der Waals surface area contributed by atoms with Gasteiger partial charge in [0.15, 0.2) is 0 Å². The number of aromatic nitrogens is 1. The second-order valence-electron chi connectivity index (χ2n) is 3.84. The Labute approximate surface area is 100 Å². The van der Waals surface area contributed by atoms with Gasteiger partial charge in [0, 0.05) is 28.9 Å². The first-order chi connectivity index (χ1) is 7.83. The minimum atomic E-state index is -0.688. The molecular formula is C11H12N2OS2. The number of hydrogen-bond acceptors (Lipinski definition) is 4. The van der Waals surface area contributed by atoms with Gasteiger partial charge in [0.05, 0.1) is 16.3 Å². The third-order valence-electron chi connectivity index (χ3n) is 2.68. The fraction of sp³-hybridized carbons (Fsp3) is 0.364. The van der Waals surface area contributed by atoms with Crippen LogP contribution in [-0.2, 0) is 10.8 Å². The average molecular weight is 252 g/mol. The van der Waals surface area contributed by atoms with Crippen LogP contribution in [0.15, 0.2) is 24.3 Å². The second-order valence-corrected chi connectivity index (χ2v) is 6.52. The summed E-state index contributed by atoms with van der Waals surface area (Å²) >= 11 is 1.70. The molecule has 1 aromatic carbocycles. The van der Waals surface area contributed by atoms with Crippen LogP contribution < -0.4 is 5.32 Å². The largest absolute Gasteiger partial charge is 0.306 e. The molecule has 84 valence electrons. The Morgan fingerprint density at radius 2 is 2.31 bits per heavy atom. The first kappa shape index (κ1) is 10.4. The number of hydrogen-bond donors (Lipinski definition) is 1. The van der Waals surface area contributed by atoms with Crippen molar-refractivity contribution in [2.75, 3.05) is 18.1 Å². The minimum Gasteiger partial charge on any atom is -0.306 e. The van der Waals surface area contributed by atoms with E-state index in [1.54, 1.807) is 11.3 Å². The predicted octanol–water partition coefficient (Wildman–Crippen LogP) is 1.69. The molecule has 0 saturated carbocycles. The Morgan fingerprint density at radius 1 is 1.44 bits per heavy atom. The molecule has 0 aliphatic carbocycles. The second kappa shape index (κ2) is 4.24. The quantitative estimate of drug-likeness (QED) is 0.840. The molecule has 1 aromatic heterocycles. The van der Waals surface area contributed by atoms with E-state index in [2.05, 4.69) is 16.4 Å². The molecule has 1 aliphatic rings. The van der Waals surface area contributed by atoms with Gasteiger partial charge in [0.1, 0.15) is 5.01 Å². The van der Waals surface area contributed by atoms with Crippen molar-refractivity contribution in [3.05, 3.63) is 29.3 Å². The van der Waals surface area contributed by atoms with E-state index in [1.807, 2.05) is 18.2 Å². The lowest BCUT2D eigenvalue weighted by atomic mass is 10.3. The maximum Gasteiger partial charge on any atom is 0.112 e. The highest BCUT2D eigenvalue weighted by molar-refractivity contribution is 7.85. The molecule has 0 bridgehead atoms. The van der Waals surface area contributed by atoms with Crippen molar-refractivity contribution in [1.82, 2.24) is 10.3 Å². The van der Waals surface area contributed by atoms with E-state index >= 15 is 0 Å². The summed E-state index contributed by atoms with van der Waals surface area (Å²) < 4.78 is 12.7. The zero-order chi connectivity index (χ0) is 11.0. The van der Waals surface area contributed by atoms with Gasteiger partial charge in [0.2, 0.25) is 0 Å². The van der Waals surface area contributed by atoms with Crippen molar-refractivity contribution in [2.45, 2.75) is 6.04 Å². The van der Waals surface area contributed by atoms with Crippen LogP contribution in [0.1, 0.15) is 11.0 Å². The van der Waals surface area contributed by atoms with Crippen molar-refractivity contribution in [1.29, 1.82) is 0 Å². The van der Waals surface area contributed by atoms with Crippen molar-refractivity contribution in [3.8, 4) is 0 Å². The lowest BCUT2D eigenvalue weighted by Crippen LogP contribution is -2.36. The Hall–Kier alpha value is -0.780. The highest BCUT2D eigenvalue weighted by Crippen LogP contribution is 2.27. The molecule has 0 radical (unpaired) electrons. The van der Waals surface area contributed by atoms with E-state index in [9.17, 15) is 4.21 Å². The number of rotatable bonds is 1. The molecular weight excluding hydrogens is 240 g/mol. The lowest BCUT2D eigenvalue weighted by Gasteiger charge is -2.20. The standard InChI is InChI=1S/C11H12N2OS2/c14-16-6-5-12-9(7-16)11-13-8-3-1-2-4-10(8)15-11/h1-4,9,12H,5-7H2. The van der Waals surface area contributed by atoms with Crippen LogP contribution in [0.4, 0.5) is 0 Å². The van der Waals surface area contributed by atoms with Crippen LogP contribution in [0.2, 0.25) is 0 Å². The summed E-state index contributed by atoms with van der Waals surface area (Å²) in [7, 11) is -0.688. The van der Waals surface area contributed by atoms with Gasteiger partial charge in [-0.05, 0) is 12.1 Å². The fourth-order valence-corrected chi connectivity index (χ4v) is 4.18. The molecule has 1 aliphatic heterocycles. The number of nitrogens with zero attached hydrogens (tertiary/aromatic N) is 1. The van der Waals surface area contributed by atoms with Gasteiger partial charge in [-0.2, -0.15) is 0 Å². The Bertz CT molecular complexity index is 505. The zero-order valence-electron chi connectivity index (χ0n) is 8.68. The molecule has 2 heterocycles. The molecule has 2 unspecified atom stereocenters. The number of nitrogens with one attached hydrogen (secondary N) is 1. The van der Waals surface area contributed by atoms with Crippen LogP contribution in [0.3, 0.4) is 0 Å². The molecule has 2 atom stereocenters. The summed E-state index contributed by atoms with van der Waals surface area (Å²) in [6.07, 6.45) is 0. The molecule has 1 fully saturated rings. The predicted molar refractivity (Wildman–Crippen MR) is 68.2 cm³/mol. The first-order valence-corrected chi connectivity index (χ1v) is 7.57. The highest BCUT2D eigenvalue weighted by atomic mass is 32.2. The number of fused-ring (bicyclic) bond motifs is 1. The lowest BCUT2D eigenvalue weighted by molar-refractivity contribution is 0.570. The summed E-state index contributed by atoms with van der Waals surface area (Å²) in [5.41, 5.74) is 1.04. The average Bonchev–Trinajstić information content (AvgIpc) is 2.72. The normalized spacial score (nSPS) is 26.0. The van der Waals surface area contributed by atoms with Crippen molar-refractivity contribution < 1.29 is 4.21 Å². The van der Waals surface area contributed by atoms with Gasteiger partial charge < -0.3 is 5.32 Å². The minimum absolute atomic E-state index is 0.173. The van der Waals surface area contributed by atoms with Crippen LogP contribution in [0, 0.1) is 0 Å². The first-order valence-electron chi connectivity index (χ1n) is 5.27. The molecule has 0 amide bonds. The molecule has 1 saturated heterocycles. The van der Waals surface area contributed by atoms with E-state index in [0.29, 0.717) is 5.75 Å². The Balaban J connectivity index is 1.96. The van der Waals surface area contributed by atoms with Crippen LogP contribution in [0.25, 0.3) is 10.2 Å².